The minimum atomic E-state index is -0.982. The van der Waals surface area contributed by atoms with Gasteiger partial charge in [0, 0.05) is 36.5 Å². The standard InChI is InChI=1S/C20H20N2O5/c1-11(23)16-9-17(21-10-16)20(26)27-12(2)19(25)15-4-5-18-14(8-15)6-7-22(18)13(3)24/h4-5,8-10,12,21H,6-7H2,1-3H3. The molecule has 2 aromatic rings. The molecule has 1 unspecified atom stereocenters. The lowest BCUT2D eigenvalue weighted by atomic mass is 10.0. The number of aromatic amines is 1. The number of benzene rings is 1. The van der Waals surface area contributed by atoms with Crippen LogP contribution in [0, 0.1) is 0 Å². The first kappa shape index (κ1) is 18.6. The zero-order chi connectivity index (χ0) is 19.7. The summed E-state index contributed by atoms with van der Waals surface area (Å²) in [6, 6.07) is 6.52. The van der Waals surface area contributed by atoms with Gasteiger partial charge < -0.3 is 14.6 Å². The Kier molecular flexibility index (Phi) is 4.94. The molecule has 3 rings (SSSR count). The molecule has 0 bridgehead atoms. The number of ketones is 2. The molecule has 27 heavy (non-hydrogen) atoms. The van der Waals surface area contributed by atoms with Gasteiger partial charge >= 0.3 is 5.97 Å². The Labute approximate surface area is 156 Å². The molecular formula is C20H20N2O5. The molecule has 0 saturated carbocycles. The van der Waals surface area contributed by atoms with E-state index < -0.39 is 12.1 Å². The van der Waals surface area contributed by atoms with E-state index in [1.54, 1.807) is 23.1 Å². The van der Waals surface area contributed by atoms with Gasteiger partial charge in [0.15, 0.2) is 11.9 Å². The van der Waals surface area contributed by atoms with Crippen LogP contribution in [0.2, 0.25) is 0 Å². The van der Waals surface area contributed by atoms with Crippen molar-refractivity contribution in [3.63, 3.8) is 0 Å². The van der Waals surface area contributed by atoms with Gasteiger partial charge in [-0.15, -0.1) is 0 Å². The van der Waals surface area contributed by atoms with E-state index in [9.17, 15) is 19.2 Å². The van der Waals surface area contributed by atoms with Crippen molar-refractivity contribution in [2.75, 3.05) is 11.4 Å². The van der Waals surface area contributed by atoms with Crippen LogP contribution in [0.5, 0.6) is 0 Å². The van der Waals surface area contributed by atoms with E-state index in [-0.39, 0.29) is 23.2 Å². The second-order valence-electron chi connectivity index (χ2n) is 6.53. The number of nitrogens with zero attached hydrogens (tertiary/aromatic N) is 1. The van der Waals surface area contributed by atoms with E-state index in [1.165, 1.54) is 33.0 Å². The van der Waals surface area contributed by atoms with Gasteiger partial charge in [-0.3, -0.25) is 14.4 Å². The summed E-state index contributed by atoms with van der Waals surface area (Å²) in [5.41, 5.74) is 2.65. The van der Waals surface area contributed by atoms with E-state index in [0.29, 0.717) is 24.1 Å². The average molecular weight is 368 g/mol. The Balaban J connectivity index is 1.71. The van der Waals surface area contributed by atoms with Crippen molar-refractivity contribution in [2.24, 2.45) is 0 Å². The Bertz CT molecular complexity index is 944. The highest BCUT2D eigenvalue weighted by molar-refractivity contribution is 6.03. The van der Waals surface area contributed by atoms with E-state index >= 15 is 0 Å². The van der Waals surface area contributed by atoms with Crippen molar-refractivity contribution in [1.29, 1.82) is 0 Å². The number of fused-ring (bicyclic) bond motifs is 1. The van der Waals surface area contributed by atoms with Crippen LogP contribution >= 0.6 is 0 Å². The summed E-state index contributed by atoms with van der Waals surface area (Å²) in [5.74, 6) is -1.24. The van der Waals surface area contributed by atoms with Crippen LogP contribution in [0.15, 0.2) is 30.5 Å². The van der Waals surface area contributed by atoms with Crippen LogP contribution in [0.4, 0.5) is 5.69 Å². The Morgan fingerprint density at radius 1 is 1.11 bits per heavy atom. The summed E-state index contributed by atoms with van der Waals surface area (Å²) in [4.78, 5) is 52.1. The lowest BCUT2D eigenvalue weighted by Crippen LogP contribution is -2.26. The quantitative estimate of drug-likeness (QED) is 0.646. The number of hydrogen-bond donors (Lipinski definition) is 1. The van der Waals surface area contributed by atoms with Crippen LogP contribution in [0.25, 0.3) is 0 Å². The second kappa shape index (κ2) is 7.19. The third kappa shape index (κ3) is 3.67. The van der Waals surface area contributed by atoms with Gasteiger partial charge in [0.1, 0.15) is 5.69 Å². The summed E-state index contributed by atoms with van der Waals surface area (Å²) < 4.78 is 5.23. The number of H-pyrrole nitrogens is 1. The smallest absolute Gasteiger partial charge is 0.355 e. The third-order valence-corrected chi connectivity index (χ3v) is 4.60. The van der Waals surface area contributed by atoms with Gasteiger partial charge in [-0.2, -0.15) is 0 Å². The fourth-order valence-electron chi connectivity index (χ4n) is 3.11. The molecule has 1 N–H and O–H groups in total. The molecule has 0 aliphatic carbocycles. The van der Waals surface area contributed by atoms with Crippen LogP contribution in [-0.4, -0.2) is 41.1 Å². The number of Topliss-reactive ketones (excluding diaryl/α,β-unsaturated/α-hetero) is 2. The van der Waals surface area contributed by atoms with Crippen molar-refractivity contribution in [2.45, 2.75) is 33.3 Å². The number of carbonyl (C=O) groups excluding carboxylic acids is 4. The lowest BCUT2D eigenvalue weighted by molar-refractivity contribution is -0.116. The average Bonchev–Trinajstić information content (AvgIpc) is 3.27. The van der Waals surface area contributed by atoms with Crippen molar-refractivity contribution >= 4 is 29.1 Å². The third-order valence-electron chi connectivity index (χ3n) is 4.60. The molecule has 1 aliphatic heterocycles. The topological polar surface area (TPSA) is 96.5 Å². The molecule has 1 atom stereocenters. The number of hydrogen-bond acceptors (Lipinski definition) is 5. The number of rotatable bonds is 5. The SMILES string of the molecule is CC(=O)c1c[nH]c(C(=O)OC(C)C(=O)c2ccc3c(c2)CCN3C(C)=O)c1. The summed E-state index contributed by atoms with van der Waals surface area (Å²) in [6.45, 7) is 5.00. The molecule has 7 nitrogen and oxygen atoms in total. The number of carbonyl (C=O) groups is 4. The van der Waals surface area contributed by atoms with Crippen LogP contribution in [0.1, 0.15) is 57.5 Å². The normalized spacial score (nSPS) is 13.8. The zero-order valence-electron chi connectivity index (χ0n) is 15.4. The number of esters is 1. The molecule has 1 aromatic carbocycles. The second-order valence-corrected chi connectivity index (χ2v) is 6.53. The fourth-order valence-corrected chi connectivity index (χ4v) is 3.11. The Morgan fingerprint density at radius 3 is 2.48 bits per heavy atom. The summed E-state index contributed by atoms with van der Waals surface area (Å²) >= 11 is 0. The summed E-state index contributed by atoms with van der Waals surface area (Å²) in [5, 5.41) is 0. The first-order chi connectivity index (χ1) is 12.8. The van der Waals surface area contributed by atoms with E-state index in [4.69, 9.17) is 4.74 Å². The predicted molar refractivity (Wildman–Crippen MR) is 98.2 cm³/mol. The van der Waals surface area contributed by atoms with E-state index in [0.717, 1.165) is 11.3 Å². The lowest BCUT2D eigenvalue weighted by Gasteiger charge is -2.15. The summed E-state index contributed by atoms with van der Waals surface area (Å²) in [7, 11) is 0. The molecule has 0 spiro atoms. The minimum absolute atomic E-state index is 0.0361. The van der Waals surface area contributed by atoms with Crippen molar-refractivity contribution in [3.05, 3.63) is 52.8 Å². The maximum atomic E-state index is 12.6. The highest BCUT2D eigenvalue weighted by Crippen LogP contribution is 2.29. The first-order valence-electron chi connectivity index (χ1n) is 8.63. The largest absolute Gasteiger partial charge is 0.450 e. The summed E-state index contributed by atoms with van der Waals surface area (Å²) in [6.07, 6.45) is 1.12. The highest BCUT2D eigenvalue weighted by Gasteiger charge is 2.26. The van der Waals surface area contributed by atoms with Gasteiger partial charge in [0.25, 0.3) is 0 Å². The van der Waals surface area contributed by atoms with Crippen LogP contribution in [0.3, 0.4) is 0 Å². The minimum Gasteiger partial charge on any atom is -0.450 e. The molecule has 1 aliphatic rings. The number of anilines is 1. The molecule has 1 aromatic heterocycles. The number of ether oxygens (including phenoxy) is 1. The number of aromatic nitrogens is 1. The van der Waals surface area contributed by atoms with Crippen molar-refractivity contribution in [1.82, 2.24) is 4.98 Å². The van der Waals surface area contributed by atoms with Gasteiger partial charge in [0.2, 0.25) is 11.7 Å². The van der Waals surface area contributed by atoms with Gasteiger partial charge in [0.05, 0.1) is 0 Å². The molecule has 140 valence electrons. The molecule has 0 fully saturated rings. The molecular weight excluding hydrogens is 348 g/mol. The zero-order valence-corrected chi connectivity index (χ0v) is 15.4. The Morgan fingerprint density at radius 2 is 1.85 bits per heavy atom. The monoisotopic (exact) mass is 368 g/mol. The van der Waals surface area contributed by atoms with Gasteiger partial charge in [-0.05, 0) is 50.1 Å². The predicted octanol–water partition coefficient (Wildman–Crippen LogP) is 2.55. The first-order valence-corrected chi connectivity index (χ1v) is 8.63. The van der Waals surface area contributed by atoms with Crippen molar-refractivity contribution < 1.29 is 23.9 Å². The number of nitrogens with one attached hydrogen (secondary N) is 1. The maximum absolute atomic E-state index is 12.6. The molecule has 7 heteroatoms. The van der Waals surface area contributed by atoms with Gasteiger partial charge in [-0.1, -0.05) is 0 Å². The highest BCUT2D eigenvalue weighted by atomic mass is 16.5. The molecule has 0 radical (unpaired) electrons. The molecule has 2 heterocycles. The van der Waals surface area contributed by atoms with Crippen LogP contribution in [-0.2, 0) is 16.0 Å². The maximum Gasteiger partial charge on any atom is 0.355 e. The molecule has 0 saturated heterocycles. The molecule has 1 amide bonds. The van der Waals surface area contributed by atoms with Crippen LogP contribution < -0.4 is 4.90 Å². The van der Waals surface area contributed by atoms with E-state index in [2.05, 4.69) is 4.98 Å². The number of amides is 1. The van der Waals surface area contributed by atoms with Gasteiger partial charge in [-0.25, -0.2) is 4.79 Å². The van der Waals surface area contributed by atoms with Crippen molar-refractivity contribution in [3.8, 4) is 0 Å². The fraction of sp³-hybridized carbons (Fsp3) is 0.300. The Hall–Kier alpha value is -3.22. The van der Waals surface area contributed by atoms with E-state index in [1.807, 2.05) is 0 Å².